The maximum absolute atomic E-state index is 6.85. The van der Waals surface area contributed by atoms with Gasteiger partial charge in [0, 0.05) is 10.4 Å². The smallest absolute Gasteiger partial charge is 0.0725 e. The van der Waals surface area contributed by atoms with E-state index in [0.29, 0.717) is 0 Å². The largest absolute Gasteiger partial charge is 0.0836 e. The topological polar surface area (TPSA) is 0 Å². The molecule has 196 valence electrons. The van der Waals surface area contributed by atoms with Crippen LogP contribution in [0.2, 0.25) is 5.02 Å². The average molecular weight is 553 g/mol. The molecule has 0 fully saturated rings. The molecule has 9 rings (SSSR count). The molecule has 0 aromatic heterocycles. The molecule has 1 spiro atoms. The van der Waals surface area contributed by atoms with E-state index in [1.807, 2.05) is 6.07 Å². The first-order valence-electron chi connectivity index (χ1n) is 14.5. The molecule has 0 N–H and O–H groups in total. The van der Waals surface area contributed by atoms with Gasteiger partial charge in [0.1, 0.15) is 0 Å². The van der Waals surface area contributed by atoms with Gasteiger partial charge in [-0.05, 0) is 84.3 Å². The summed E-state index contributed by atoms with van der Waals surface area (Å²) < 4.78 is 0. The van der Waals surface area contributed by atoms with E-state index >= 15 is 0 Å². The Morgan fingerprint density at radius 2 is 0.881 bits per heavy atom. The summed E-state index contributed by atoms with van der Waals surface area (Å²) in [6.07, 6.45) is 0. The summed E-state index contributed by atoms with van der Waals surface area (Å²) in [4.78, 5) is 0. The highest BCUT2D eigenvalue weighted by atomic mass is 35.5. The second-order valence-electron chi connectivity index (χ2n) is 11.3. The molecule has 42 heavy (non-hydrogen) atoms. The monoisotopic (exact) mass is 552 g/mol. The van der Waals surface area contributed by atoms with E-state index in [4.69, 9.17) is 11.6 Å². The second kappa shape index (κ2) is 8.79. The summed E-state index contributed by atoms with van der Waals surface area (Å²) in [6, 6.07) is 55.4. The fraction of sp³-hybridized carbons (Fsp3) is 0.0244. The lowest BCUT2D eigenvalue weighted by molar-refractivity contribution is 0.794. The van der Waals surface area contributed by atoms with Crippen LogP contribution in [0, 0.1) is 0 Å². The Balaban J connectivity index is 1.37. The molecule has 0 nitrogen and oxygen atoms in total. The number of benzene rings is 7. The SMILES string of the molecule is Clc1cc(-c2ccccc2-c2cccc3c2-c2ccccc2C32c3ccccc3-c3ccccc32)cc2ccccc12. The van der Waals surface area contributed by atoms with Crippen LogP contribution in [-0.4, -0.2) is 0 Å². The van der Waals surface area contributed by atoms with Crippen molar-refractivity contribution in [3.05, 3.63) is 179 Å². The second-order valence-corrected chi connectivity index (χ2v) is 11.7. The van der Waals surface area contributed by atoms with Crippen molar-refractivity contribution in [1.29, 1.82) is 0 Å². The Morgan fingerprint density at radius 1 is 0.381 bits per heavy atom. The van der Waals surface area contributed by atoms with Gasteiger partial charge in [0.15, 0.2) is 0 Å². The van der Waals surface area contributed by atoms with Crippen LogP contribution in [-0.2, 0) is 5.41 Å². The first-order chi connectivity index (χ1) is 20.8. The van der Waals surface area contributed by atoms with Crippen molar-refractivity contribution >= 4 is 22.4 Å². The van der Waals surface area contributed by atoms with Gasteiger partial charge in [-0.25, -0.2) is 0 Å². The van der Waals surface area contributed by atoms with Crippen molar-refractivity contribution in [2.24, 2.45) is 0 Å². The van der Waals surface area contributed by atoms with Crippen molar-refractivity contribution in [2.45, 2.75) is 5.41 Å². The molecule has 0 amide bonds. The summed E-state index contributed by atoms with van der Waals surface area (Å²) in [7, 11) is 0. The van der Waals surface area contributed by atoms with Gasteiger partial charge in [-0.1, -0.05) is 151 Å². The molecule has 2 aliphatic carbocycles. The van der Waals surface area contributed by atoms with E-state index < -0.39 is 0 Å². The molecule has 1 heteroatoms. The minimum Gasteiger partial charge on any atom is -0.0836 e. The predicted molar refractivity (Wildman–Crippen MR) is 176 cm³/mol. The van der Waals surface area contributed by atoms with Gasteiger partial charge in [0.25, 0.3) is 0 Å². The molecule has 0 radical (unpaired) electrons. The van der Waals surface area contributed by atoms with Crippen LogP contribution < -0.4 is 0 Å². The zero-order chi connectivity index (χ0) is 27.8. The van der Waals surface area contributed by atoms with Crippen LogP contribution in [0.3, 0.4) is 0 Å². The van der Waals surface area contributed by atoms with Crippen molar-refractivity contribution in [2.75, 3.05) is 0 Å². The molecule has 0 saturated carbocycles. The number of hydrogen-bond acceptors (Lipinski definition) is 0. The maximum Gasteiger partial charge on any atom is 0.0725 e. The maximum atomic E-state index is 6.85. The van der Waals surface area contributed by atoms with E-state index in [1.165, 1.54) is 61.2 Å². The third kappa shape index (κ3) is 3.03. The van der Waals surface area contributed by atoms with Crippen LogP contribution in [0.1, 0.15) is 22.3 Å². The minimum absolute atomic E-state index is 0.351. The van der Waals surface area contributed by atoms with Crippen LogP contribution in [0.5, 0.6) is 0 Å². The summed E-state index contributed by atoms with van der Waals surface area (Å²) in [5, 5.41) is 3.01. The number of fused-ring (bicyclic) bond motifs is 11. The molecule has 7 aromatic rings. The lowest BCUT2D eigenvalue weighted by Crippen LogP contribution is -2.25. The first-order valence-corrected chi connectivity index (χ1v) is 14.9. The Kier molecular flexibility index (Phi) is 4.97. The van der Waals surface area contributed by atoms with Crippen molar-refractivity contribution < 1.29 is 0 Å². The molecule has 0 atom stereocenters. The molecule has 7 aromatic carbocycles. The molecule has 2 aliphatic rings. The lowest BCUT2D eigenvalue weighted by atomic mass is 9.70. The summed E-state index contributed by atoms with van der Waals surface area (Å²) in [5.74, 6) is 0. The Morgan fingerprint density at radius 3 is 1.60 bits per heavy atom. The van der Waals surface area contributed by atoms with Crippen LogP contribution in [0.4, 0.5) is 0 Å². The Labute approximate surface area is 250 Å². The van der Waals surface area contributed by atoms with Crippen molar-refractivity contribution in [3.63, 3.8) is 0 Å². The molecule has 0 aliphatic heterocycles. The van der Waals surface area contributed by atoms with Crippen LogP contribution >= 0.6 is 11.6 Å². The first kappa shape index (κ1) is 23.8. The van der Waals surface area contributed by atoms with E-state index in [2.05, 4.69) is 146 Å². The number of halogens is 1. The number of rotatable bonds is 2. The van der Waals surface area contributed by atoms with E-state index in [9.17, 15) is 0 Å². The third-order valence-electron chi connectivity index (χ3n) is 9.36. The van der Waals surface area contributed by atoms with Gasteiger partial charge in [-0.15, -0.1) is 0 Å². The molecular formula is C41H25Cl. The minimum atomic E-state index is -0.351. The van der Waals surface area contributed by atoms with Crippen molar-refractivity contribution in [1.82, 2.24) is 0 Å². The van der Waals surface area contributed by atoms with Gasteiger partial charge in [-0.2, -0.15) is 0 Å². The van der Waals surface area contributed by atoms with Gasteiger partial charge in [0.05, 0.1) is 5.41 Å². The highest BCUT2D eigenvalue weighted by Crippen LogP contribution is 2.64. The van der Waals surface area contributed by atoms with Gasteiger partial charge >= 0.3 is 0 Å². The molecular weight excluding hydrogens is 528 g/mol. The Hall–Kier alpha value is -4.91. The highest BCUT2D eigenvalue weighted by molar-refractivity contribution is 6.36. The van der Waals surface area contributed by atoms with Crippen LogP contribution in [0.15, 0.2) is 152 Å². The van der Waals surface area contributed by atoms with E-state index in [-0.39, 0.29) is 5.41 Å². The van der Waals surface area contributed by atoms with Gasteiger partial charge in [-0.3, -0.25) is 0 Å². The average Bonchev–Trinajstić information content (AvgIpc) is 3.52. The van der Waals surface area contributed by atoms with Gasteiger partial charge in [0.2, 0.25) is 0 Å². The summed E-state index contributed by atoms with van der Waals surface area (Å²) in [6.45, 7) is 0. The van der Waals surface area contributed by atoms with Crippen molar-refractivity contribution in [3.8, 4) is 44.5 Å². The predicted octanol–water partition coefficient (Wildman–Crippen LogP) is 11.2. The zero-order valence-corrected chi connectivity index (χ0v) is 23.6. The number of hydrogen-bond donors (Lipinski definition) is 0. The van der Waals surface area contributed by atoms with E-state index in [0.717, 1.165) is 21.4 Å². The highest BCUT2D eigenvalue weighted by Gasteiger charge is 2.51. The third-order valence-corrected chi connectivity index (χ3v) is 9.67. The Bertz CT molecular complexity index is 2170. The molecule has 0 unspecified atom stereocenters. The summed E-state index contributed by atoms with van der Waals surface area (Å²) >= 11 is 6.85. The standard InChI is InChI=1S/C41H25Cl/c42-39-25-27(24-26-12-1-2-14-29(26)39)28-13-3-4-15-30(28)33-19-11-23-38-40(33)34-18-7-10-22-37(34)41(38)35-20-8-5-16-31(35)32-17-6-9-21-36(32)41/h1-25H. The van der Waals surface area contributed by atoms with E-state index in [1.54, 1.807) is 0 Å². The molecule has 0 saturated heterocycles. The normalized spacial score (nSPS) is 13.5. The zero-order valence-electron chi connectivity index (χ0n) is 22.8. The fourth-order valence-electron chi connectivity index (χ4n) is 7.76. The van der Waals surface area contributed by atoms with Crippen LogP contribution in [0.25, 0.3) is 55.3 Å². The molecule has 0 heterocycles. The molecule has 0 bridgehead atoms. The lowest BCUT2D eigenvalue weighted by Gasteiger charge is -2.30. The summed E-state index contributed by atoms with van der Waals surface area (Å²) in [5.41, 5.74) is 15.1. The quantitative estimate of drug-likeness (QED) is 0.200. The fourth-order valence-corrected chi connectivity index (χ4v) is 8.05. The van der Waals surface area contributed by atoms with Gasteiger partial charge < -0.3 is 0 Å².